The van der Waals surface area contributed by atoms with Crippen LogP contribution in [0.5, 0.6) is 0 Å². The maximum absolute atomic E-state index is 5.91. The fourth-order valence-corrected chi connectivity index (χ4v) is 1.82. The third-order valence-electron chi connectivity index (χ3n) is 2.58. The molecule has 1 aliphatic rings. The summed E-state index contributed by atoms with van der Waals surface area (Å²) in [6, 6.07) is 2.07. The Balaban J connectivity index is 2.18. The number of terminal acetylenes is 1. The van der Waals surface area contributed by atoms with Crippen molar-refractivity contribution in [2.24, 2.45) is 5.73 Å². The summed E-state index contributed by atoms with van der Waals surface area (Å²) in [5.41, 5.74) is 6.53. The number of nitrogens with zero attached hydrogens (tertiary/aromatic N) is 3. The average molecular weight is 202 g/mol. The first-order chi connectivity index (χ1) is 7.29. The molecule has 0 amide bonds. The van der Waals surface area contributed by atoms with E-state index in [0.717, 1.165) is 31.7 Å². The second-order valence-electron chi connectivity index (χ2n) is 3.75. The Hall–Kier alpha value is -1.60. The average Bonchev–Trinajstić information content (AvgIpc) is 2.29. The molecule has 0 bridgehead atoms. The standard InChI is InChI=1S/C11H14N4/c1-2-10-6-11(14-8-13-10)15-5-3-4-9(12)7-15/h1,6,8-9H,3-5,7,12H2. The van der Waals surface area contributed by atoms with Crippen molar-refractivity contribution < 1.29 is 0 Å². The van der Waals surface area contributed by atoms with Gasteiger partial charge in [0.15, 0.2) is 0 Å². The molecule has 2 heterocycles. The number of anilines is 1. The lowest BCUT2D eigenvalue weighted by Crippen LogP contribution is -2.43. The van der Waals surface area contributed by atoms with Crippen molar-refractivity contribution in [2.75, 3.05) is 18.0 Å². The zero-order valence-corrected chi connectivity index (χ0v) is 8.56. The molecule has 0 aromatic carbocycles. The van der Waals surface area contributed by atoms with Gasteiger partial charge < -0.3 is 10.6 Å². The van der Waals surface area contributed by atoms with Crippen molar-refractivity contribution >= 4 is 5.82 Å². The van der Waals surface area contributed by atoms with Gasteiger partial charge in [-0.1, -0.05) is 5.92 Å². The fourth-order valence-electron chi connectivity index (χ4n) is 1.82. The van der Waals surface area contributed by atoms with Crippen LogP contribution in [0.15, 0.2) is 12.4 Å². The third-order valence-corrected chi connectivity index (χ3v) is 2.58. The van der Waals surface area contributed by atoms with E-state index in [2.05, 4.69) is 20.8 Å². The van der Waals surface area contributed by atoms with Gasteiger partial charge in [-0.05, 0) is 12.8 Å². The molecule has 1 aromatic rings. The topological polar surface area (TPSA) is 55.0 Å². The molecular weight excluding hydrogens is 188 g/mol. The summed E-state index contributed by atoms with van der Waals surface area (Å²) in [4.78, 5) is 10.3. The van der Waals surface area contributed by atoms with Crippen molar-refractivity contribution in [3.8, 4) is 12.3 Å². The number of aromatic nitrogens is 2. The van der Waals surface area contributed by atoms with Gasteiger partial charge in [-0.3, -0.25) is 0 Å². The molecule has 0 aliphatic carbocycles. The Morgan fingerprint density at radius 3 is 3.13 bits per heavy atom. The molecule has 1 fully saturated rings. The highest BCUT2D eigenvalue weighted by atomic mass is 15.2. The van der Waals surface area contributed by atoms with Crippen molar-refractivity contribution in [3.63, 3.8) is 0 Å². The van der Waals surface area contributed by atoms with Gasteiger partial charge >= 0.3 is 0 Å². The van der Waals surface area contributed by atoms with Crippen LogP contribution in [0, 0.1) is 12.3 Å². The normalized spacial score (nSPS) is 21.1. The van der Waals surface area contributed by atoms with Crippen molar-refractivity contribution in [2.45, 2.75) is 18.9 Å². The Morgan fingerprint density at radius 2 is 2.40 bits per heavy atom. The van der Waals surface area contributed by atoms with Crippen molar-refractivity contribution in [1.82, 2.24) is 9.97 Å². The molecule has 4 nitrogen and oxygen atoms in total. The number of piperidine rings is 1. The summed E-state index contributed by atoms with van der Waals surface area (Å²) in [6.07, 6.45) is 8.99. The smallest absolute Gasteiger partial charge is 0.133 e. The van der Waals surface area contributed by atoms with Crippen molar-refractivity contribution in [1.29, 1.82) is 0 Å². The lowest BCUT2D eigenvalue weighted by Gasteiger charge is -2.31. The van der Waals surface area contributed by atoms with Crippen LogP contribution < -0.4 is 10.6 Å². The van der Waals surface area contributed by atoms with Gasteiger partial charge in [0.2, 0.25) is 0 Å². The van der Waals surface area contributed by atoms with Crippen LogP contribution in [-0.2, 0) is 0 Å². The fraction of sp³-hybridized carbons (Fsp3) is 0.455. The van der Waals surface area contributed by atoms with E-state index in [1.165, 1.54) is 6.33 Å². The summed E-state index contributed by atoms with van der Waals surface area (Å²) in [5, 5.41) is 0. The van der Waals surface area contributed by atoms with Crippen LogP contribution in [0.1, 0.15) is 18.5 Å². The molecule has 1 atom stereocenters. The van der Waals surface area contributed by atoms with Crippen LogP contribution >= 0.6 is 0 Å². The highest BCUT2D eigenvalue weighted by molar-refractivity contribution is 5.43. The van der Waals surface area contributed by atoms with Crippen molar-refractivity contribution in [3.05, 3.63) is 18.1 Å². The van der Waals surface area contributed by atoms with Crippen LogP contribution in [0.4, 0.5) is 5.82 Å². The molecule has 2 rings (SSSR count). The number of rotatable bonds is 1. The quantitative estimate of drug-likeness (QED) is 0.669. The monoisotopic (exact) mass is 202 g/mol. The number of hydrogen-bond donors (Lipinski definition) is 1. The Labute approximate surface area is 89.5 Å². The maximum atomic E-state index is 5.91. The number of nitrogens with two attached hydrogens (primary N) is 1. The van der Waals surface area contributed by atoms with Gasteiger partial charge in [-0.2, -0.15) is 0 Å². The summed E-state index contributed by atoms with van der Waals surface area (Å²) < 4.78 is 0. The molecule has 0 spiro atoms. The predicted octanol–water partition coefficient (Wildman–Crippen LogP) is 0.385. The number of hydrogen-bond acceptors (Lipinski definition) is 4. The van der Waals surface area contributed by atoms with E-state index in [4.69, 9.17) is 12.2 Å². The molecule has 4 heteroatoms. The maximum Gasteiger partial charge on any atom is 0.133 e. The molecule has 15 heavy (non-hydrogen) atoms. The first-order valence-electron chi connectivity index (χ1n) is 5.09. The Kier molecular flexibility index (Phi) is 2.84. The molecule has 1 saturated heterocycles. The van der Waals surface area contributed by atoms with E-state index in [0.29, 0.717) is 5.69 Å². The minimum Gasteiger partial charge on any atom is -0.355 e. The van der Waals surface area contributed by atoms with E-state index < -0.39 is 0 Å². The first-order valence-corrected chi connectivity index (χ1v) is 5.09. The van der Waals surface area contributed by atoms with Crippen LogP contribution in [0.25, 0.3) is 0 Å². The molecule has 1 aliphatic heterocycles. The van der Waals surface area contributed by atoms with Crippen LogP contribution in [-0.4, -0.2) is 29.1 Å². The van der Waals surface area contributed by atoms with Gasteiger partial charge in [0, 0.05) is 25.2 Å². The minimum absolute atomic E-state index is 0.239. The van der Waals surface area contributed by atoms with Gasteiger partial charge in [0.05, 0.1) is 0 Å². The molecule has 78 valence electrons. The molecular formula is C11H14N4. The van der Waals surface area contributed by atoms with E-state index in [1.807, 2.05) is 6.07 Å². The zero-order valence-electron chi connectivity index (χ0n) is 8.56. The molecule has 1 aromatic heterocycles. The lowest BCUT2D eigenvalue weighted by atomic mass is 10.1. The third kappa shape index (κ3) is 2.25. The summed E-state index contributed by atoms with van der Waals surface area (Å²) in [6.45, 7) is 1.84. The highest BCUT2D eigenvalue weighted by Crippen LogP contribution is 2.16. The molecule has 1 unspecified atom stereocenters. The molecule has 0 radical (unpaired) electrons. The second kappa shape index (κ2) is 4.28. The van der Waals surface area contributed by atoms with Gasteiger partial charge in [-0.15, -0.1) is 6.42 Å². The van der Waals surface area contributed by atoms with E-state index in [9.17, 15) is 0 Å². The van der Waals surface area contributed by atoms with E-state index >= 15 is 0 Å². The minimum atomic E-state index is 0.239. The second-order valence-corrected chi connectivity index (χ2v) is 3.75. The van der Waals surface area contributed by atoms with E-state index in [1.54, 1.807) is 0 Å². The van der Waals surface area contributed by atoms with Crippen LogP contribution in [0.3, 0.4) is 0 Å². The van der Waals surface area contributed by atoms with Gasteiger partial charge in [0.1, 0.15) is 17.8 Å². The lowest BCUT2D eigenvalue weighted by molar-refractivity contribution is 0.503. The first kappa shape index (κ1) is 9.94. The SMILES string of the molecule is C#Cc1cc(N2CCCC(N)C2)ncn1. The highest BCUT2D eigenvalue weighted by Gasteiger charge is 2.17. The Morgan fingerprint density at radius 1 is 1.53 bits per heavy atom. The molecule has 0 saturated carbocycles. The van der Waals surface area contributed by atoms with Gasteiger partial charge in [-0.25, -0.2) is 9.97 Å². The summed E-state index contributed by atoms with van der Waals surface area (Å²) >= 11 is 0. The summed E-state index contributed by atoms with van der Waals surface area (Å²) in [7, 11) is 0. The van der Waals surface area contributed by atoms with Gasteiger partial charge in [0.25, 0.3) is 0 Å². The Bertz CT molecular complexity index is 382. The molecule has 2 N–H and O–H groups in total. The zero-order chi connectivity index (χ0) is 10.7. The summed E-state index contributed by atoms with van der Waals surface area (Å²) in [5.74, 6) is 3.39. The largest absolute Gasteiger partial charge is 0.355 e. The van der Waals surface area contributed by atoms with Crippen LogP contribution in [0.2, 0.25) is 0 Å². The predicted molar refractivity (Wildman–Crippen MR) is 59.4 cm³/mol. The van der Waals surface area contributed by atoms with E-state index in [-0.39, 0.29) is 6.04 Å².